The Labute approximate surface area is 126 Å². The molecule has 0 fully saturated rings. The van der Waals surface area contributed by atoms with Crippen LogP contribution in [-0.4, -0.2) is 25.4 Å². The van der Waals surface area contributed by atoms with Crippen molar-refractivity contribution in [2.45, 2.75) is 0 Å². The van der Waals surface area contributed by atoms with Crippen molar-refractivity contribution in [1.29, 1.82) is 0 Å². The van der Waals surface area contributed by atoms with E-state index in [1.54, 1.807) is 18.2 Å². The van der Waals surface area contributed by atoms with Crippen molar-refractivity contribution in [3.05, 3.63) is 58.1 Å². The first-order valence-corrected chi connectivity index (χ1v) is 6.31. The third-order valence-electron chi connectivity index (χ3n) is 2.77. The number of ether oxygens (including phenoxy) is 2. The molecule has 0 saturated carbocycles. The molecule has 2 rings (SSSR count). The van der Waals surface area contributed by atoms with Gasteiger partial charge in [-0.1, -0.05) is 5.16 Å². The van der Waals surface area contributed by atoms with E-state index in [0.717, 1.165) is 5.56 Å². The molecule has 0 unspecified atom stereocenters. The zero-order chi connectivity index (χ0) is 15.9. The highest BCUT2D eigenvalue weighted by molar-refractivity contribution is 5.80. The number of non-ortho nitro benzene ring substituents is 1. The Morgan fingerprint density at radius 1 is 1.09 bits per heavy atom. The van der Waals surface area contributed by atoms with Gasteiger partial charge in [0.15, 0.2) is 11.5 Å². The summed E-state index contributed by atoms with van der Waals surface area (Å²) in [6, 6.07) is 11.0. The molecule has 0 bridgehead atoms. The summed E-state index contributed by atoms with van der Waals surface area (Å²) in [5, 5.41) is 14.3. The van der Waals surface area contributed by atoms with Gasteiger partial charge in [-0.2, -0.15) is 0 Å². The van der Waals surface area contributed by atoms with Gasteiger partial charge in [0.25, 0.3) is 5.69 Å². The van der Waals surface area contributed by atoms with E-state index in [-0.39, 0.29) is 5.69 Å². The van der Waals surface area contributed by atoms with Gasteiger partial charge in [-0.05, 0) is 30.3 Å². The number of nitrogens with zero attached hydrogens (tertiary/aromatic N) is 2. The van der Waals surface area contributed by atoms with Crippen molar-refractivity contribution in [2.24, 2.45) is 5.16 Å². The van der Waals surface area contributed by atoms with E-state index in [4.69, 9.17) is 9.47 Å². The lowest BCUT2D eigenvalue weighted by molar-refractivity contribution is -0.384. The predicted octanol–water partition coefficient (Wildman–Crippen LogP) is 3.38. The Bertz CT molecular complexity index is 683. The highest BCUT2D eigenvalue weighted by atomic mass is 16.6. The van der Waals surface area contributed by atoms with Crippen molar-refractivity contribution in [3.8, 4) is 17.2 Å². The molecule has 0 aliphatic heterocycles. The quantitative estimate of drug-likeness (QED) is 0.464. The summed E-state index contributed by atoms with van der Waals surface area (Å²) in [6.07, 6.45) is 1.54. The first-order chi connectivity index (χ1) is 10.6. The molecule has 0 saturated heterocycles. The number of hydrogen-bond acceptors (Lipinski definition) is 6. The van der Waals surface area contributed by atoms with Crippen molar-refractivity contribution in [1.82, 2.24) is 0 Å². The van der Waals surface area contributed by atoms with Crippen LogP contribution >= 0.6 is 0 Å². The Hall–Kier alpha value is -3.09. The van der Waals surface area contributed by atoms with Crippen molar-refractivity contribution < 1.29 is 19.2 Å². The SMILES string of the molecule is CO/N=C\c1ccc(Oc2ccc([N+](=O)[O-])cc2)c(OC)c1. The van der Waals surface area contributed by atoms with Gasteiger partial charge in [-0.3, -0.25) is 10.1 Å². The molecule has 22 heavy (non-hydrogen) atoms. The summed E-state index contributed by atoms with van der Waals surface area (Å²) in [5.41, 5.74) is 0.792. The van der Waals surface area contributed by atoms with E-state index in [0.29, 0.717) is 17.2 Å². The molecule has 114 valence electrons. The zero-order valence-electron chi connectivity index (χ0n) is 12.1. The van der Waals surface area contributed by atoms with Crippen LogP contribution in [-0.2, 0) is 4.84 Å². The number of nitro benzene ring substituents is 1. The molecular weight excluding hydrogens is 288 g/mol. The lowest BCUT2D eigenvalue weighted by Crippen LogP contribution is -1.93. The van der Waals surface area contributed by atoms with Gasteiger partial charge in [0, 0.05) is 17.7 Å². The maximum Gasteiger partial charge on any atom is 0.269 e. The number of hydrogen-bond donors (Lipinski definition) is 0. The predicted molar refractivity (Wildman–Crippen MR) is 80.8 cm³/mol. The maximum atomic E-state index is 10.6. The third kappa shape index (κ3) is 3.72. The van der Waals surface area contributed by atoms with E-state index in [9.17, 15) is 10.1 Å². The van der Waals surface area contributed by atoms with Gasteiger partial charge in [-0.25, -0.2) is 0 Å². The molecule has 0 aliphatic carbocycles. The minimum absolute atomic E-state index is 0.00504. The van der Waals surface area contributed by atoms with Crippen LogP contribution in [0.15, 0.2) is 47.6 Å². The fourth-order valence-corrected chi connectivity index (χ4v) is 1.73. The molecule has 2 aromatic rings. The van der Waals surface area contributed by atoms with Gasteiger partial charge < -0.3 is 14.3 Å². The van der Waals surface area contributed by atoms with Crippen LogP contribution in [0.4, 0.5) is 5.69 Å². The Morgan fingerprint density at radius 2 is 1.82 bits per heavy atom. The van der Waals surface area contributed by atoms with E-state index in [2.05, 4.69) is 9.99 Å². The van der Waals surface area contributed by atoms with Gasteiger partial charge in [0.05, 0.1) is 18.2 Å². The van der Waals surface area contributed by atoms with E-state index in [1.165, 1.54) is 44.7 Å². The molecule has 0 aromatic heterocycles. The Balaban J connectivity index is 2.21. The fourth-order valence-electron chi connectivity index (χ4n) is 1.73. The van der Waals surface area contributed by atoms with Crippen LogP contribution in [0, 0.1) is 10.1 Å². The summed E-state index contributed by atoms with van der Waals surface area (Å²) in [7, 11) is 2.98. The molecule has 0 aliphatic rings. The van der Waals surface area contributed by atoms with Gasteiger partial charge in [0.2, 0.25) is 0 Å². The molecular formula is C15H14N2O5. The minimum Gasteiger partial charge on any atom is -0.493 e. The monoisotopic (exact) mass is 302 g/mol. The van der Waals surface area contributed by atoms with Crippen LogP contribution in [0.25, 0.3) is 0 Å². The number of benzene rings is 2. The van der Waals surface area contributed by atoms with Crippen molar-refractivity contribution in [3.63, 3.8) is 0 Å². The fraction of sp³-hybridized carbons (Fsp3) is 0.133. The average Bonchev–Trinajstić information content (AvgIpc) is 2.54. The molecule has 0 N–H and O–H groups in total. The summed E-state index contributed by atoms with van der Waals surface area (Å²) >= 11 is 0. The maximum absolute atomic E-state index is 10.6. The van der Waals surface area contributed by atoms with Crippen LogP contribution in [0.1, 0.15) is 5.56 Å². The first kappa shape index (κ1) is 15.3. The second-order valence-corrected chi connectivity index (χ2v) is 4.18. The largest absolute Gasteiger partial charge is 0.493 e. The Morgan fingerprint density at radius 3 is 2.41 bits per heavy atom. The molecule has 7 nitrogen and oxygen atoms in total. The molecule has 0 atom stereocenters. The van der Waals surface area contributed by atoms with Crippen molar-refractivity contribution in [2.75, 3.05) is 14.2 Å². The standard InChI is InChI=1S/C15H14N2O5/c1-20-15-9-11(10-16-21-2)3-8-14(15)22-13-6-4-12(5-7-13)17(18)19/h3-10H,1-2H3/b16-10-. The lowest BCUT2D eigenvalue weighted by Gasteiger charge is -2.10. The van der Waals surface area contributed by atoms with Gasteiger partial charge in [-0.15, -0.1) is 0 Å². The molecule has 0 radical (unpaired) electrons. The molecule has 7 heteroatoms. The number of oxime groups is 1. The summed E-state index contributed by atoms with van der Waals surface area (Å²) in [6.45, 7) is 0. The molecule has 0 spiro atoms. The highest BCUT2D eigenvalue weighted by Crippen LogP contribution is 2.32. The lowest BCUT2D eigenvalue weighted by atomic mass is 10.2. The number of nitro groups is 1. The van der Waals surface area contributed by atoms with Crippen LogP contribution in [0.3, 0.4) is 0 Å². The highest BCUT2D eigenvalue weighted by Gasteiger charge is 2.09. The van der Waals surface area contributed by atoms with Crippen LogP contribution < -0.4 is 9.47 Å². The second kappa shape index (κ2) is 7.07. The van der Waals surface area contributed by atoms with Crippen molar-refractivity contribution >= 4 is 11.9 Å². The van der Waals surface area contributed by atoms with Crippen LogP contribution in [0.5, 0.6) is 17.2 Å². The van der Waals surface area contributed by atoms with E-state index >= 15 is 0 Å². The molecule has 2 aromatic carbocycles. The van der Waals surface area contributed by atoms with Gasteiger partial charge in [0.1, 0.15) is 12.9 Å². The topological polar surface area (TPSA) is 83.2 Å². The second-order valence-electron chi connectivity index (χ2n) is 4.18. The number of methoxy groups -OCH3 is 1. The molecule has 0 heterocycles. The first-order valence-electron chi connectivity index (χ1n) is 6.31. The normalized spacial score (nSPS) is 10.5. The summed E-state index contributed by atoms with van der Waals surface area (Å²) in [4.78, 5) is 14.8. The smallest absolute Gasteiger partial charge is 0.269 e. The van der Waals surface area contributed by atoms with E-state index < -0.39 is 4.92 Å². The zero-order valence-corrected chi connectivity index (χ0v) is 12.1. The summed E-state index contributed by atoms with van der Waals surface area (Å²) < 4.78 is 10.9. The third-order valence-corrected chi connectivity index (χ3v) is 2.77. The van der Waals surface area contributed by atoms with E-state index in [1.807, 2.05) is 0 Å². The Kier molecular flexibility index (Phi) is 4.92. The average molecular weight is 302 g/mol. The minimum atomic E-state index is -0.464. The number of rotatable bonds is 6. The summed E-state index contributed by atoms with van der Waals surface area (Å²) in [5.74, 6) is 1.48. The molecule has 0 amide bonds. The van der Waals surface area contributed by atoms with Gasteiger partial charge >= 0.3 is 0 Å². The van der Waals surface area contributed by atoms with Crippen LogP contribution in [0.2, 0.25) is 0 Å².